The Kier molecular flexibility index (Phi) is 13.1. The van der Waals surface area contributed by atoms with Crippen molar-refractivity contribution in [1.29, 1.82) is 0 Å². The highest BCUT2D eigenvalue weighted by molar-refractivity contribution is 6.23. The zero-order valence-electron chi connectivity index (χ0n) is 51.8. The van der Waals surface area contributed by atoms with E-state index < -0.39 is 5.41 Å². The van der Waals surface area contributed by atoms with Gasteiger partial charge >= 0.3 is 0 Å². The second-order valence-electron chi connectivity index (χ2n) is 26.3. The number of anilines is 6. The van der Waals surface area contributed by atoms with E-state index in [4.69, 9.17) is 14.4 Å². The van der Waals surface area contributed by atoms with E-state index in [1.165, 1.54) is 50.1 Å². The summed E-state index contributed by atoms with van der Waals surface area (Å²) in [6.45, 7) is 28.8. The third-order valence-electron chi connectivity index (χ3n) is 18.0. The Hall–Kier alpha value is -9.84. The van der Waals surface area contributed by atoms with E-state index in [0.29, 0.717) is 0 Å². The smallest absolute Gasteiger partial charge is 0.145 e. The van der Waals surface area contributed by atoms with E-state index >= 15 is 0 Å². The lowest BCUT2D eigenvalue weighted by molar-refractivity contribution is 0.590. The molecule has 2 aliphatic rings. The maximum atomic E-state index is 7.63. The summed E-state index contributed by atoms with van der Waals surface area (Å²) in [5, 5.41) is 4.25. The van der Waals surface area contributed by atoms with Crippen molar-refractivity contribution in [2.24, 2.45) is 0 Å². The van der Waals surface area contributed by atoms with Crippen molar-refractivity contribution in [3.8, 4) is 33.4 Å². The topological polar surface area (TPSA) is 45.4 Å². The van der Waals surface area contributed by atoms with E-state index in [1.54, 1.807) is 0 Å². The molecule has 0 N–H and O–H groups in total. The van der Waals surface area contributed by atoms with Gasteiger partial charge < -0.3 is 4.42 Å². The average molecular weight is 1130 g/mol. The molecule has 1 spiro atoms. The largest absolute Gasteiger partial charge is 0.455 e. The Morgan fingerprint density at radius 3 is 1.60 bits per heavy atom. The molecule has 2 aliphatic carbocycles. The van der Waals surface area contributed by atoms with Crippen LogP contribution in [0.2, 0.25) is 0 Å². The van der Waals surface area contributed by atoms with E-state index in [9.17, 15) is 0 Å². The fourth-order valence-corrected chi connectivity index (χ4v) is 13.8. The number of pyridine rings is 2. The molecule has 0 fully saturated rings. The third-order valence-corrected chi connectivity index (χ3v) is 18.0. The molecule has 0 amide bonds. The number of hydrogen-bond acceptors (Lipinski definition) is 5. The second kappa shape index (κ2) is 20.7. The molecule has 3 heterocycles. The van der Waals surface area contributed by atoms with Gasteiger partial charge in [0.1, 0.15) is 22.8 Å². The van der Waals surface area contributed by atoms with Gasteiger partial charge in [0.05, 0.1) is 22.2 Å². The summed E-state index contributed by atoms with van der Waals surface area (Å²) in [4.78, 5) is 15.9. The van der Waals surface area contributed by atoms with Crippen LogP contribution in [0.3, 0.4) is 0 Å². The van der Waals surface area contributed by atoms with Crippen LogP contribution >= 0.6 is 0 Å². The van der Waals surface area contributed by atoms with Gasteiger partial charge in [0.2, 0.25) is 0 Å². The molecule has 5 heteroatoms. The molecule has 0 aliphatic heterocycles. The van der Waals surface area contributed by atoms with Crippen LogP contribution < -0.4 is 9.80 Å². The van der Waals surface area contributed by atoms with Crippen LogP contribution in [0.5, 0.6) is 0 Å². The quantitative estimate of drug-likeness (QED) is 0.128. The lowest BCUT2D eigenvalue weighted by atomic mass is 9.70. The van der Waals surface area contributed by atoms with Gasteiger partial charge in [-0.2, -0.15) is 0 Å². The van der Waals surface area contributed by atoms with Crippen molar-refractivity contribution < 1.29 is 4.42 Å². The number of aryl methyl sites for hydroxylation is 3. The van der Waals surface area contributed by atoms with Crippen LogP contribution in [0, 0.1) is 20.8 Å². The van der Waals surface area contributed by atoms with Crippen LogP contribution in [-0.4, -0.2) is 9.97 Å². The number of benzene rings is 9. The minimum atomic E-state index is -0.859. The molecule has 5 nitrogen and oxygen atoms in total. The van der Waals surface area contributed by atoms with Crippen molar-refractivity contribution in [3.63, 3.8) is 0 Å². The maximum absolute atomic E-state index is 7.63. The van der Waals surface area contributed by atoms with Crippen LogP contribution in [0.25, 0.3) is 71.7 Å². The predicted molar refractivity (Wildman–Crippen MR) is 367 cm³/mol. The predicted octanol–water partition coefficient (Wildman–Crippen LogP) is 22.5. The van der Waals surface area contributed by atoms with Gasteiger partial charge in [-0.15, -0.1) is 0 Å². The summed E-state index contributed by atoms with van der Waals surface area (Å²) in [5.74, 6) is 1.64. The van der Waals surface area contributed by atoms with Crippen molar-refractivity contribution >= 4 is 72.7 Å². The first kappa shape index (κ1) is 55.1. The molecule has 0 unspecified atom stereocenters. The maximum Gasteiger partial charge on any atom is 0.145 e. The Morgan fingerprint density at radius 2 is 1.00 bits per heavy atom. The summed E-state index contributed by atoms with van der Waals surface area (Å²) in [5.41, 5.74) is 25.2. The molecule has 0 radical (unpaired) electrons. The first-order valence-corrected chi connectivity index (χ1v) is 30.5. The summed E-state index contributed by atoms with van der Waals surface area (Å²) in [6, 6.07) is 72.6. The first-order chi connectivity index (χ1) is 41.9. The van der Waals surface area contributed by atoms with Gasteiger partial charge in [-0.1, -0.05) is 217 Å². The molecular weight excluding hydrogens is 1060 g/mol. The van der Waals surface area contributed by atoms with E-state index in [0.717, 1.165) is 117 Å². The zero-order chi connectivity index (χ0) is 60.3. The van der Waals surface area contributed by atoms with Gasteiger partial charge in [-0.25, -0.2) is 9.97 Å². The number of rotatable bonds is 10. The molecule has 0 bridgehead atoms. The molecule has 426 valence electrons. The molecule has 3 aromatic heterocycles. The first-order valence-electron chi connectivity index (χ1n) is 30.5. The zero-order valence-corrected chi connectivity index (χ0v) is 51.8. The number of allylic oxidation sites excluding steroid dienone is 5. The SMILES string of the molecule is C=C/C(=C\C=C(C)C)c1cc(C)cnc1N(c1ccc(C(C)(C)C)cc1)c1cc2c(c3oc4ccccc4c13)-c1c(cc(N(c3ccc(C(C)(C)C)cc3)c3ncc(C)cc3-c3ccc(C)cc3)c3ccccc13)C21c2ccccc2-c2ccccc21. The van der Waals surface area contributed by atoms with Gasteiger partial charge in [-0.05, 0) is 178 Å². The van der Waals surface area contributed by atoms with E-state index in [2.05, 4.69) is 299 Å². The number of fused-ring (bicyclic) bond motifs is 16. The van der Waals surface area contributed by atoms with Crippen LogP contribution in [0.4, 0.5) is 34.4 Å². The molecule has 0 atom stereocenters. The van der Waals surface area contributed by atoms with Crippen molar-refractivity contribution in [2.75, 3.05) is 9.80 Å². The molecule has 12 aromatic rings. The monoisotopic (exact) mass is 1130 g/mol. The second-order valence-corrected chi connectivity index (χ2v) is 26.3. The number of nitrogens with zero attached hydrogens (tertiary/aromatic N) is 4. The Morgan fingerprint density at radius 1 is 0.483 bits per heavy atom. The highest BCUT2D eigenvalue weighted by Crippen LogP contribution is 2.67. The standard InChI is InChI=1S/C82H72N4O/c1-13-54(33-30-50(2)3)65-44-52(5)48-83-78(65)86(59-42-38-57(39-43-59)81(10,11)12)72-47-70-76(77-75(72)64-26-18-21-29-73(64)87-77)74-63-25-15-14-24-62(63)71(46-69(74)82(70)67-27-19-16-22-60(67)61-23-17-20-28-68(61)82)85(58-40-36-56(37-41-58)80(7,8)9)79-66(45-53(6)49-84-79)55-34-31-51(4)32-35-55/h13-49H,1H2,2-12H3/b54-33+. The van der Waals surface area contributed by atoms with Crippen molar-refractivity contribution in [3.05, 3.63) is 293 Å². The summed E-state index contributed by atoms with van der Waals surface area (Å²) < 4.78 is 7.63. The fourth-order valence-electron chi connectivity index (χ4n) is 13.8. The molecule has 0 saturated heterocycles. The number of furan rings is 1. The molecule has 87 heavy (non-hydrogen) atoms. The average Bonchev–Trinajstić information content (AvgIpc) is 1.50. The Labute approximate surface area is 512 Å². The van der Waals surface area contributed by atoms with Crippen LogP contribution in [0.1, 0.15) is 111 Å². The number of hydrogen-bond donors (Lipinski definition) is 0. The van der Waals surface area contributed by atoms with Crippen LogP contribution in [0.15, 0.2) is 241 Å². The van der Waals surface area contributed by atoms with Crippen LogP contribution in [-0.2, 0) is 16.2 Å². The highest BCUT2D eigenvalue weighted by atomic mass is 16.3. The summed E-state index contributed by atoms with van der Waals surface area (Å²) in [6.07, 6.45) is 10.3. The third kappa shape index (κ3) is 8.88. The van der Waals surface area contributed by atoms with Crippen molar-refractivity contribution in [1.82, 2.24) is 9.97 Å². The highest BCUT2D eigenvalue weighted by Gasteiger charge is 2.54. The molecule has 0 saturated carbocycles. The molecule has 14 rings (SSSR count). The molecular formula is C82H72N4O. The van der Waals surface area contributed by atoms with Gasteiger partial charge in [-0.3, -0.25) is 9.80 Å². The van der Waals surface area contributed by atoms with Gasteiger partial charge in [0.25, 0.3) is 0 Å². The fraction of sp³-hybridized carbons (Fsp3) is 0.171. The van der Waals surface area contributed by atoms with E-state index in [1.807, 2.05) is 18.5 Å². The minimum absolute atomic E-state index is 0.0558. The normalized spacial score (nSPS) is 13.2. The molecule has 9 aromatic carbocycles. The lowest BCUT2D eigenvalue weighted by Crippen LogP contribution is -2.27. The van der Waals surface area contributed by atoms with Gasteiger partial charge in [0.15, 0.2) is 0 Å². The Bertz CT molecular complexity index is 4780. The van der Waals surface area contributed by atoms with Gasteiger partial charge in [0, 0.05) is 51.2 Å². The lowest BCUT2D eigenvalue weighted by Gasteiger charge is -2.34. The summed E-state index contributed by atoms with van der Waals surface area (Å²) >= 11 is 0. The minimum Gasteiger partial charge on any atom is -0.455 e. The van der Waals surface area contributed by atoms with Crippen molar-refractivity contribution in [2.45, 2.75) is 92.4 Å². The number of aromatic nitrogens is 2. The summed E-state index contributed by atoms with van der Waals surface area (Å²) in [7, 11) is 0. The number of para-hydroxylation sites is 1. The van der Waals surface area contributed by atoms with E-state index in [-0.39, 0.29) is 10.8 Å². The Balaban J connectivity index is 1.16.